The molecule has 1 rings (SSSR count). The molecule has 8 heteroatoms. The van der Waals surface area contributed by atoms with Gasteiger partial charge in [-0.3, -0.25) is 0 Å². The first-order valence-corrected chi connectivity index (χ1v) is 5.84. The van der Waals surface area contributed by atoms with Crippen molar-refractivity contribution >= 4 is 25.0 Å². The molecule has 6 nitrogen and oxygen atoms in total. The molecule has 0 saturated heterocycles. The summed E-state index contributed by atoms with van der Waals surface area (Å²) in [5.74, 6) is 0.378. The molecule has 0 fully saturated rings. The van der Waals surface area contributed by atoms with E-state index in [1.165, 1.54) is 19.2 Å². The van der Waals surface area contributed by atoms with Crippen LogP contribution in [0.1, 0.15) is 0 Å². The highest BCUT2D eigenvalue weighted by Crippen LogP contribution is 2.31. The van der Waals surface area contributed by atoms with Crippen LogP contribution in [0.2, 0.25) is 5.02 Å². The Balaban J connectivity index is 2.81. The molecule has 84 valence electrons. The second kappa shape index (κ2) is 4.83. The Hall–Kier alpha value is -0.780. The average Bonchev–Trinajstić information content (AvgIpc) is 2.14. The number of methoxy groups -OCH3 is 1. The SMILES string of the molecule is COc1cc(Cl)ccc1NNP(=O)(O)O. The van der Waals surface area contributed by atoms with Gasteiger partial charge in [-0.15, -0.1) is 5.20 Å². The van der Waals surface area contributed by atoms with Gasteiger partial charge in [-0.05, 0) is 12.1 Å². The lowest BCUT2D eigenvalue weighted by Gasteiger charge is -2.12. The van der Waals surface area contributed by atoms with Crippen molar-refractivity contribution in [2.24, 2.45) is 0 Å². The van der Waals surface area contributed by atoms with Crippen LogP contribution in [-0.2, 0) is 4.57 Å². The van der Waals surface area contributed by atoms with Crippen LogP contribution < -0.4 is 15.4 Å². The van der Waals surface area contributed by atoms with Gasteiger partial charge in [0.05, 0.1) is 12.8 Å². The predicted molar refractivity (Wildman–Crippen MR) is 56.8 cm³/mol. The first kappa shape index (κ1) is 12.3. The van der Waals surface area contributed by atoms with Crippen molar-refractivity contribution in [3.05, 3.63) is 23.2 Å². The molecular weight excluding hydrogens is 243 g/mol. The Morgan fingerprint density at radius 1 is 1.47 bits per heavy atom. The third-order valence-corrected chi connectivity index (χ3v) is 2.14. The van der Waals surface area contributed by atoms with Crippen molar-refractivity contribution in [2.75, 3.05) is 12.5 Å². The molecule has 15 heavy (non-hydrogen) atoms. The summed E-state index contributed by atoms with van der Waals surface area (Å²) in [5, 5.41) is 2.29. The van der Waals surface area contributed by atoms with E-state index in [9.17, 15) is 4.57 Å². The number of halogens is 1. The van der Waals surface area contributed by atoms with Gasteiger partial charge in [-0.25, -0.2) is 4.57 Å². The largest absolute Gasteiger partial charge is 0.494 e. The van der Waals surface area contributed by atoms with E-state index in [4.69, 9.17) is 26.1 Å². The van der Waals surface area contributed by atoms with Crippen LogP contribution in [0.4, 0.5) is 5.69 Å². The highest BCUT2D eigenvalue weighted by atomic mass is 35.5. The predicted octanol–water partition coefficient (Wildman–Crippen LogP) is 1.36. The summed E-state index contributed by atoms with van der Waals surface area (Å²) in [5.41, 5.74) is 2.71. The van der Waals surface area contributed by atoms with E-state index in [2.05, 4.69) is 5.43 Å². The van der Waals surface area contributed by atoms with Crippen molar-refractivity contribution in [2.45, 2.75) is 0 Å². The number of rotatable bonds is 4. The van der Waals surface area contributed by atoms with Crippen molar-refractivity contribution in [1.82, 2.24) is 5.20 Å². The van der Waals surface area contributed by atoms with Crippen LogP contribution >= 0.6 is 19.3 Å². The molecule has 0 amide bonds. The summed E-state index contributed by atoms with van der Waals surface area (Å²) in [7, 11) is -2.90. The lowest BCUT2D eigenvalue weighted by molar-refractivity contribution is 0.361. The zero-order valence-corrected chi connectivity index (χ0v) is 9.42. The van der Waals surface area contributed by atoms with E-state index in [1.807, 2.05) is 5.20 Å². The van der Waals surface area contributed by atoms with Gasteiger partial charge in [0.25, 0.3) is 0 Å². The van der Waals surface area contributed by atoms with Crippen molar-refractivity contribution in [3.63, 3.8) is 0 Å². The molecular formula is C7H10ClN2O4P. The molecule has 0 bridgehead atoms. The highest BCUT2D eigenvalue weighted by Gasteiger charge is 2.12. The zero-order valence-electron chi connectivity index (χ0n) is 7.77. The quantitative estimate of drug-likeness (QED) is 0.478. The normalized spacial score (nSPS) is 11.2. The Morgan fingerprint density at radius 3 is 2.67 bits per heavy atom. The van der Waals surface area contributed by atoms with Gasteiger partial charge in [0.2, 0.25) is 0 Å². The fourth-order valence-corrected chi connectivity index (χ4v) is 1.33. The topological polar surface area (TPSA) is 90.8 Å². The van der Waals surface area contributed by atoms with Gasteiger partial charge in [0.1, 0.15) is 5.75 Å². The fourth-order valence-electron chi connectivity index (χ4n) is 0.901. The lowest BCUT2D eigenvalue weighted by atomic mass is 10.3. The monoisotopic (exact) mass is 252 g/mol. The summed E-state index contributed by atoms with van der Waals surface area (Å²) < 4.78 is 15.5. The van der Waals surface area contributed by atoms with Crippen LogP contribution in [0, 0.1) is 0 Å². The van der Waals surface area contributed by atoms with Crippen molar-refractivity contribution in [1.29, 1.82) is 0 Å². The number of anilines is 1. The first-order chi connectivity index (χ1) is 6.92. The first-order valence-electron chi connectivity index (χ1n) is 3.85. The van der Waals surface area contributed by atoms with E-state index >= 15 is 0 Å². The molecule has 0 aromatic heterocycles. The van der Waals surface area contributed by atoms with E-state index in [0.29, 0.717) is 16.5 Å². The number of nitrogens with one attached hydrogen (secondary N) is 2. The molecule has 0 aliphatic heterocycles. The van der Waals surface area contributed by atoms with Crippen LogP contribution in [-0.4, -0.2) is 16.9 Å². The Labute approximate surface area is 91.4 Å². The van der Waals surface area contributed by atoms with Crippen LogP contribution in [0.25, 0.3) is 0 Å². The maximum absolute atomic E-state index is 10.5. The van der Waals surface area contributed by atoms with Gasteiger partial charge in [0.15, 0.2) is 0 Å². The number of benzene rings is 1. The number of hydrazine groups is 1. The van der Waals surface area contributed by atoms with Gasteiger partial charge in [-0.2, -0.15) is 0 Å². The summed E-state index contributed by atoms with van der Waals surface area (Å²) in [6.45, 7) is 0. The standard InChI is InChI=1S/C7H10ClN2O4P/c1-14-7-4-5(8)2-3-6(7)9-10-15(11,12)13/h2-4,9H,1H3,(H3,10,11,12,13). The summed E-state index contributed by atoms with van der Waals surface area (Å²) in [4.78, 5) is 17.1. The zero-order chi connectivity index (χ0) is 11.5. The van der Waals surface area contributed by atoms with Crippen LogP contribution in [0.5, 0.6) is 5.75 Å². The Bertz CT molecular complexity index is 395. The van der Waals surface area contributed by atoms with Gasteiger partial charge in [-0.1, -0.05) is 11.6 Å². The lowest BCUT2D eigenvalue weighted by Crippen LogP contribution is -2.18. The molecule has 0 unspecified atom stereocenters. The van der Waals surface area contributed by atoms with Crippen molar-refractivity contribution in [3.8, 4) is 5.75 Å². The second-order valence-corrected chi connectivity index (χ2v) is 4.37. The van der Waals surface area contributed by atoms with E-state index < -0.39 is 7.75 Å². The molecule has 1 aromatic carbocycles. The Kier molecular flexibility index (Phi) is 3.96. The van der Waals surface area contributed by atoms with E-state index in [1.54, 1.807) is 6.07 Å². The van der Waals surface area contributed by atoms with Gasteiger partial charge >= 0.3 is 7.75 Å². The summed E-state index contributed by atoms with van der Waals surface area (Å²) in [6.07, 6.45) is 0. The second-order valence-electron chi connectivity index (χ2n) is 2.63. The maximum Gasteiger partial charge on any atom is 0.417 e. The molecule has 0 heterocycles. The third kappa shape index (κ3) is 4.07. The molecule has 0 atom stereocenters. The molecule has 1 aromatic rings. The summed E-state index contributed by atoms with van der Waals surface area (Å²) in [6, 6.07) is 4.61. The Morgan fingerprint density at radius 2 is 2.13 bits per heavy atom. The number of hydrogen-bond acceptors (Lipinski definition) is 3. The minimum Gasteiger partial charge on any atom is -0.494 e. The number of ether oxygens (including phenoxy) is 1. The minimum absolute atomic E-state index is 0.378. The van der Waals surface area contributed by atoms with Crippen LogP contribution in [0.15, 0.2) is 18.2 Å². The average molecular weight is 253 g/mol. The molecule has 0 saturated carbocycles. The van der Waals surface area contributed by atoms with Crippen molar-refractivity contribution < 1.29 is 19.1 Å². The summed E-state index contributed by atoms with van der Waals surface area (Å²) >= 11 is 5.70. The molecule has 0 spiro atoms. The smallest absolute Gasteiger partial charge is 0.417 e. The molecule has 0 aliphatic carbocycles. The molecule has 0 radical (unpaired) electrons. The maximum atomic E-state index is 10.5. The third-order valence-electron chi connectivity index (χ3n) is 1.50. The minimum atomic E-state index is -4.32. The van der Waals surface area contributed by atoms with E-state index in [-0.39, 0.29) is 0 Å². The molecule has 0 aliphatic rings. The highest BCUT2D eigenvalue weighted by molar-refractivity contribution is 7.49. The van der Waals surface area contributed by atoms with Crippen LogP contribution in [0.3, 0.4) is 0 Å². The molecule has 4 N–H and O–H groups in total. The van der Waals surface area contributed by atoms with Gasteiger partial charge < -0.3 is 19.9 Å². The van der Waals surface area contributed by atoms with Gasteiger partial charge in [0, 0.05) is 11.1 Å². The van der Waals surface area contributed by atoms with E-state index in [0.717, 1.165) is 0 Å². The number of hydrogen-bond donors (Lipinski definition) is 4. The fraction of sp³-hybridized carbons (Fsp3) is 0.143.